The lowest BCUT2D eigenvalue weighted by atomic mass is 10.0. The van der Waals surface area contributed by atoms with Crippen molar-refractivity contribution in [1.82, 2.24) is 10.3 Å². The van der Waals surface area contributed by atoms with Crippen LogP contribution >= 0.6 is 0 Å². The highest BCUT2D eigenvalue weighted by Gasteiger charge is 2.16. The van der Waals surface area contributed by atoms with Gasteiger partial charge in [0.15, 0.2) is 0 Å². The summed E-state index contributed by atoms with van der Waals surface area (Å²) < 4.78 is 12.0. The smallest absolute Gasteiger partial charge is 0.0533 e. The van der Waals surface area contributed by atoms with Gasteiger partial charge >= 0.3 is 0 Å². The highest BCUT2D eigenvalue weighted by Crippen LogP contribution is 2.14. The fraction of sp³-hybridized carbons (Fsp3) is 0.545. The minimum atomic E-state index is -0.861. The second kappa shape index (κ2) is 5.37. The first kappa shape index (κ1) is 10.8. The van der Waals surface area contributed by atoms with Crippen LogP contribution in [0.2, 0.25) is 0 Å². The summed E-state index contributed by atoms with van der Waals surface area (Å²) in [5.74, 6) is 1.34. The quantitative estimate of drug-likeness (QED) is 0.838. The van der Waals surface area contributed by atoms with Gasteiger partial charge in [-0.05, 0) is 44.0 Å². The van der Waals surface area contributed by atoms with Crippen molar-refractivity contribution in [3.05, 3.63) is 24.5 Å². The molecular weight excluding hydrogens is 208 g/mol. The van der Waals surface area contributed by atoms with E-state index < -0.39 is 10.8 Å². The van der Waals surface area contributed by atoms with E-state index >= 15 is 0 Å². The van der Waals surface area contributed by atoms with Crippen LogP contribution in [0.5, 0.6) is 0 Å². The van der Waals surface area contributed by atoms with Crippen LogP contribution in [0, 0.1) is 5.92 Å². The van der Waals surface area contributed by atoms with Crippen LogP contribution in [-0.2, 0) is 10.8 Å². The van der Waals surface area contributed by atoms with E-state index in [1.54, 1.807) is 12.4 Å². The first-order chi connectivity index (χ1) is 7.36. The summed E-state index contributed by atoms with van der Waals surface area (Å²) in [5.41, 5.74) is 0. The van der Waals surface area contributed by atoms with E-state index in [9.17, 15) is 4.21 Å². The molecule has 0 aromatic carbocycles. The SMILES string of the molecule is O=[S@](C[C@H]1CCCNC1)c1ccncc1. The lowest BCUT2D eigenvalue weighted by molar-refractivity contribution is 0.408. The van der Waals surface area contributed by atoms with Gasteiger partial charge in [0, 0.05) is 23.0 Å². The Morgan fingerprint density at radius 1 is 1.47 bits per heavy atom. The molecule has 2 atom stereocenters. The Morgan fingerprint density at radius 3 is 2.93 bits per heavy atom. The summed E-state index contributed by atoms with van der Waals surface area (Å²) in [6.45, 7) is 2.12. The zero-order valence-electron chi connectivity index (χ0n) is 8.69. The Hall–Kier alpha value is -0.740. The first-order valence-corrected chi connectivity index (χ1v) is 6.67. The molecule has 2 rings (SSSR count). The van der Waals surface area contributed by atoms with Gasteiger partial charge in [-0.1, -0.05) is 0 Å². The number of nitrogens with zero attached hydrogens (tertiary/aromatic N) is 1. The van der Waals surface area contributed by atoms with Crippen molar-refractivity contribution in [2.24, 2.45) is 5.92 Å². The predicted molar refractivity (Wildman–Crippen MR) is 61.1 cm³/mol. The van der Waals surface area contributed by atoms with E-state index in [1.807, 2.05) is 12.1 Å². The fourth-order valence-corrected chi connectivity index (χ4v) is 3.20. The Bertz CT molecular complexity index is 323. The van der Waals surface area contributed by atoms with Crippen LogP contribution in [0.1, 0.15) is 12.8 Å². The normalized spacial score (nSPS) is 23.6. The summed E-state index contributed by atoms with van der Waals surface area (Å²) in [7, 11) is -0.861. The Labute approximate surface area is 92.8 Å². The standard InChI is InChI=1S/C11H16N2OS/c14-15(11-3-6-12-7-4-11)9-10-2-1-5-13-8-10/h3-4,6-7,10,13H,1-2,5,8-9H2/t10-,15+/m0/s1. The molecule has 1 N–H and O–H groups in total. The molecule has 0 bridgehead atoms. The van der Waals surface area contributed by atoms with Crippen molar-refractivity contribution in [2.45, 2.75) is 17.7 Å². The van der Waals surface area contributed by atoms with Crippen LogP contribution in [0.4, 0.5) is 0 Å². The van der Waals surface area contributed by atoms with Crippen LogP contribution in [0.3, 0.4) is 0 Å². The van der Waals surface area contributed by atoms with Gasteiger partial charge in [0.2, 0.25) is 0 Å². The molecule has 1 fully saturated rings. The Kier molecular flexibility index (Phi) is 3.86. The Balaban J connectivity index is 1.91. The van der Waals surface area contributed by atoms with Crippen LogP contribution in [0.25, 0.3) is 0 Å². The molecule has 0 saturated carbocycles. The van der Waals surface area contributed by atoms with Gasteiger partial charge in [-0.25, -0.2) is 0 Å². The van der Waals surface area contributed by atoms with Crippen LogP contribution in [-0.4, -0.2) is 28.0 Å². The Morgan fingerprint density at radius 2 is 2.27 bits per heavy atom. The minimum absolute atomic E-state index is 0.563. The van der Waals surface area contributed by atoms with Crippen molar-refractivity contribution in [1.29, 1.82) is 0 Å². The van der Waals surface area contributed by atoms with E-state index in [4.69, 9.17) is 0 Å². The van der Waals surface area contributed by atoms with Crippen molar-refractivity contribution in [3.8, 4) is 0 Å². The van der Waals surface area contributed by atoms with Gasteiger partial charge in [0.05, 0.1) is 10.8 Å². The number of hydrogen-bond donors (Lipinski definition) is 1. The second-order valence-electron chi connectivity index (χ2n) is 3.91. The molecule has 15 heavy (non-hydrogen) atoms. The van der Waals surface area contributed by atoms with Crippen molar-refractivity contribution >= 4 is 10.8 Å². The highest BCUT2D eigenvalue weighted by atomic mass is 32.2. The molecule has 1 aliphatic heterocycles. The number of piperidine rings is 1. The number of nitrogens with one attached hydrogen (secondary N) is 1. The summed E-state index contributed by atoms with van der Waals surface area (Å²) in [6, 6.07) is 3.68. The van der Waals surface area contributed by atoms with Crippen molar-refractivity contribution < 1.29 is 4.21 Å². The molecule has 1 aliphatic rings. The molecule has 0 unspecified atom stereocenters. The van der Waals surface area contributed by atoms with E-state index in [1.165, 1.54) is 12.8 Å². The maximum atomic E-state index is 12.0. The summed E-state index contributed by atoms with van der Waals surface area (Å²) in [6.07, 6.45) is 5.81. The molecule has 1 saturated heterocycles. The third-order valence-corrected chi connectivity index (χ3v) is 4.27. The third-order valence-electron chi connectivity index (χ3n) is 2.70. The van der Waals surface area contributed by atoms with Crippen molar-refractivity contribution in [2.75, 3.05) is 18.8 Å². The van der Waals surface area contributed by atoms with Gasteiger partial charge < -0.3 is 5.32 Å². The van der Waals surface area contributed by atoms with Crippen molar-refractivity contribution in [3.63, 3.8) is 0 Å². The number of pyridine rings is 1. The fourth-order valence-electron chi connectivity index (χ4n) is 1.87. The molecule has 0 amide bonds. The van der Waals surface area contributed by atoms with Gasteiger partial charge in [0.25, 0.3) is 0 Å². The van der Waals surface area contributed by atoms with Gasteiger partial charge in [-0.15, -0.1) is 0 Å². The van der Waals surface area contributed by atoms with E-state index in [-0.39, 0.29) is 0 Å². The minimum Gasteiger partial charge on any atom is -0.316 e. The number of rotatable bonds is 3. The average molecular weight is 224 g/mol. The maximum Gasteiger partial charge on any atom is 0.0533 e. The lowest BCUT2D eigenvalue weighted by Gasteiger charge is -2.22. The monoisotopic (exact) mass is 224 g/mol. The molecule has 0 aliphatic carbocycles. The van der Waals surface area contributed by atoms with Crippen LogP contribution < -0.4 is 5.32 Å². The molecule has 1 aromatic rings. The van der Waals surface area contributed by atoms with Gasteiger partial charge in [0.1, 0.15) is 0 Å². The molecular formula is C11H16N2OS. The predicted octanol–water partition coefficient (Wildman–Crippen LogP) is 1.19. The summed E-state index contributed by atoms with van der Waals surface area (Å²) >= 11 is 0. The molecule has 3 nitrogen and oxygen atoms in total. The maximum absolute atomic E-state index is 12.0. The molecule has 0 radical (unpaired) electrons. The lowest BCUT2D eigenvalue weighted by Crippen LogP contribution is -2.32. The van der Waals surface area contributed by atoms with E-state index in [0.29, 0.717) is 5.92 Å². The van der Waals surface area contributed by atoms with Gasteiger partial charge in [-0.3, -0.25) is 9.19 Å². The molecule has 0 spiro atoms. The highest BCUT2D eigenvalue weighted by molar-refractivity contribution is 7.85. The zero-order valence-corrected chi connectivity index (χ0v) is 9.50. The number of hydrogen-bond acceptors (Lipinski definition) is 3. The van der Waals surface area contributed by atoms with Crippen LogP contribution in [0.15, 0.2) is 29.4 Å². The second-order valence-corrected chi connectivity index (χ2v) is 5.40. The van der Waals surface area contributed by atoms with Gasteiger partial charge in [-0.2, -0.15) is 0 Å². The summed E-state index contributed by atoms with van der Waals surface area (Å²) in [5, 5.41) is 3.34. The largest absolute Gasteiger partial charge is 0.316 e. The third kappa shape index (κ3) is 3.11. The van der Waals surface area contributed by atoms with E-state index in [2.05, 4.69) is 10.3 Å². The molecule has 2 heterocycles. The van der Waals surface area contributed by atoms with E-state index in [0.717, 1.165) is 23.7 Å². The topological polar surface area (TPSA) is 42.0 Å². The first-order valence-electron chi connectivity index (χ1n) is 5.35. The number of aromatic nitrogens is 1. The summed E-state index contributed by atoms with van der Waals surface area (Å²) in [4.78, 5) is 4.83. The molecule has 1 aromatic heterocycles. The molecule has 4 heteroatoms. The zero-order chi connectivity index (χ0) is 10.5. The molecule has 82 valence electrons. The average Bonchev–Trinajstić information content (AvgIpc) is 2.31.